The molecule has 2 atom stereocenters. The van der Waals surface area contributed by atoms with Crippen LogP contribution in [0.1, 0.15) is 5.56 Å². The first-order chi connectivity index (χ1) is 15.6. The number of benzene rings is 2. The van der Waals surface area contributed by atoms with E-state index >= 15 is 0 Å². The second kappa shape index (κ2) is 9.78. The van der Waals surface area contributed by atoms with Gasteiger partial charge in [-0.3, -0.25) is 14.5 Å². The topological polar surface area (TPSA) is 94.2 Å². The minimum absolute atomic E-state index is 0.0804. The second-order valence-electron chi connectivity index (χ2n) is 7.09. The van der Waals surface area contributed by atoms with Crippen LogP contribution in [0.15, 0.2) is 72.1 Å². The first kappa shape index (κ1) is 21.8. The molecule has 9 heteroatoms. The predicted octanol–water partition coefficient (Wildman–Crippen LogP) is 2.07. The van der Waals surface area contributed by atoms with Crippen LogP contribution in [0.4, 0.5) is 0 Å². The summed E-state index contributed by atoms with van der Waals surface area (Å²) in [7, 11) is 1.45. The molecule has 4 rings (SSSR count). The van der Waals surface area contributed by atoms with Gasteiger partial charge in [0.25, 0.3) is 11.8 Å². The third kappa shape index (κ3) is 4.57. The molecule has 0 radical (unpaired) electrons. The van der Waals surface area contributed by atoms with Crippen molar-refractivity contribution in [2.24, 2.45) is 0 Å². The molecule has 0 aliphatic carbocycles. The maximum atomic E-state index is 12.8. The molecule has 2 heterocycles. The highest BCUT2D eigenvalue weighted by Gasteiger charge is 2.55. The summed E-state index contributed by atoms with van der Waals surface area (Å²) >= 11 is 1.41. The number of hydrogen-bond acceptors (Lipinski definition) is 7. The van der Waals surface area contributed by atoms with Crippen LogP contribution in [0.2, 0.25) is 0 Å². The van der Waals surface area contributed by atoms with Crippen LogP contribution in [0.3, 0.4) is 0 Å². The fraction of sp³-hybridized carbons (Fsp3) is 0.261. The number of ether oxygens (including phenoxy) is 3. The van der Waals surface area contributed by atoms with Gasteiger partial charge in [0.05, 0.1) is 12.9 Å². The Morgan fingerprint density at radius 3 is 2.47 bits per heavy atom. The van der Waals surface area contributed by atoms with Gasteiger partial charge in [0.15, 0.2) is 12.3 Å². The lowest BCUT2D eigenvalue weighted by Crippen LogP contribution is -2.71. The molecule has 2 aromatic rings. The number of carbonyl (C=O) groups excluding carboxylic acids is 3. The highest BCUT2D eigenvalue weighted by Crippen LogP contribution is 2.40. The van der Waals surface area contributed by atoms with Gasteiger partial charge in [0.2, 0.25) is 0 Å². The molecule has 0 saturated carbocycles. The first-order valence-electron chi connectivity index (χ1n) is 9.98. The molecule has 2 amide bonds. The standard InChI is InChI=1S/C23H22N2O6S/c1-29-17-14-32-22-19(24-18(26)13-30-16-10-6-3-7-11-16)21(27)25(22)20(17)23(28)31-12-15-8-4-2-5-9-15/h2-11,19,22H,12-14H2,1H3,(H,24,26)/t19-,22-/m1/s1. The number of β-lactam (4-membered cyclic amide) rings is 1. The smallest absolute Gasteiger partial charge is 0.358 e. The van der Waals surface area contributed by atoms with Gasteiger partial charge in [0.1, 0.15) is 29.5 Å². The number of amides is 2. The molecule has 1 saturated heterocycles. The lowest BCUT2D eigenvalue weighted by Gasteiger charge is -2.49. The average molecular weight is 455 g/mol. The van der Waals surface area contributed by atoms with Crippen molar-refractivity contribution in [3.8, 4) is 5.75 Å². The Bertz CT molecular complexity index is 1030. The van der Waals surface area contributed by atoms with Gasteiger partial charge in [-0.2, -0.15) is 0 Å². The summed E-state index contributed by atoms with van der Waals surface area (Å²) in [6.45, 7) is -0.132. The Morgan fingerprint density at radius 1 is 1.09 bits per heavy atom. The van der Waals surface area contributed by atoms with Gasteiger partial charge in [0, 0.05) is 0 Å². The highest BCUT2D eigenvalue weighted by atomic mass is 32.2. The lowest BCUT2D eigenvalue weighted by molar-refractivity contribution is -0.154. The van der Waals surface area contributed by atoms with Gasteiger partial charge in [-0.1, -0.05) is 48.5 Å². The van der Waals surface area contributed by atoms with Crippen LogP contribution >= 0.6 is 11.8 Å². The normalized spacial score (nSPS) is 19.5. The molecule has 2 aromatic carbocycles. The Labute approximate surface area is 189 Å². The van der Waals surface area contributed by atoms with E-state index in [0.29, 0.717) is 17.3 Å². The van der Waals surface area contributed by atoms with Gasteiger partial charge in [-0.15, -0.1) is 11.8 Å². The predicted molar refractivity (Wildman–Crippen MR) is 117 cm³/mol. The number of nitrogens with zero attached hydrogens (tertiary/aromatic N) is 1. The number of esters is 1. The molecule has 2 aliphatic heterocycles. The maximum Gasteiger partial charge on any atom is 0.358 e. The zero-order valence-corrected chi connectivity index (χ0v) is 18.2. The van der Waals surface area contributed by atoms with Gasteiger partial charge in [-0.25, -0.2) is 4.79 Å². The Kier molecular flexibility index (Phi) is 6.65. The van der Waals surface area contributed by atoms with E-state index in [1.54, 1.807) is 24.3 Å². The summed E-state index contributed by atoms with van der Waals surface area (Å²) in [5, 5.41) is 2.28. The van der Waals surface area contributed by atoms with Gasteiger partial charge < -0.3 is 19.5 Å². The van der Waals surface area contributed by atoms with Crippen molar-refractivity contribution in [2.45, 2.75) is 18.0 Å². The zero-order valence-electron chi connectivity index (χ0n) is 17.4. The third-order valence-electron chi connectivity index (χ3n) is 5.02. The number of para-hydroxylation sites is 1. The minimum atomic E-state index is -0.748. The van der Waals surface area contributed by atoms with Crippen molar-refractivity contribution in [3.05, 3.63) is 77.7 Å². The van der Waals surface area contributed by atoms with Crippen molar-refractivity contribution in [1.29, 1.82) is 0 Å². The monoisotopic (exact) mass is 454 g/mol. The largest absolute Gasteiger partial charge is 0.498 e. The quantitative estimate of drug-likeness (QED) is 0.482. The number of methoxy groups -OCH3 is 1. The number of hydrogen-bond donors (Lipinski definition) is 1. The molecule has 166 valence electrons. The van der Waals surface area contributed by atoms with Crippen LogP contribution in [0, 0.1) is 0 Å². The first-order valence-corrected chi connectivity index (χ1v) is 11.0. The third-order valence-corrected chi connectivity index (χ3v) is 6.27. The number of thioether (sulfide) groups is 1. The van der Waals surface area contributed by atoms with E-state index in [-0.39, 0.29) is 18.9 Å². The van der Waals surface area contributed by atoms with Crippen LogP contribution < -0.4 is 10.1 Å². The van der Waals surface area contributed by atoms with Gasteiger partial charge >= 0.3 is 5.97 Å². The average Bonchev–Trinajstić information content (AvgIpc) is 2.84. The minimum Gasteiger partial charge on any atom is -0.498 e. The van der Waals surface area contributed by atoms with Crippen LogP contribution in [-0.4, -0.2) is 53.6 Å². The van der Waals surface area contributed by atoms with Crippen molar-refractivity contribution < 1.29 is 28.6 Å². The molecule has 0 unspecified atom stereocenters. The lowest BCUT2D eigenvalue weighted by atomic mass is 10.0. The molecular formula is C23H22N2O6S. The van der Waals surface area contributed by atoms with E-state index in [9.17, 15) is 14.4 Å². The molecular weight excluding hydrogens is 432 g/mol. The summed E-state index contributed by atoms with van der Waals surface area (Å²) in [4.78, 5) is 39.2. The summed E-state index contributed by atoms with van der Waals surface area (Å²) in [5.41, 5.74) is 0.920. The number of fused-ring (bicyclic) bond motifs is 1. The van der Waals surface area contributed by atoms with Gasteiger partial charge in [-0.05, 0) is 17.7 Å². The van der Waals surface area contributed by atoms with E-state index in [0.717, 1.165) is 5.56 Å². The highest BCUT2D eigenvalue weighted by molar-refractivity contribution is 8.00. The van der Waals surface area contributed by atoms with Crippen molar-refractivity contribution in [3.63, 3.8) is 0 Å². The molecule has 32 heavy (non-hydrogen) atoms. The summed E-state index contributed by atoms with van der Waals surface area (Å²) in [5.74, 6) is -0.129. The van der Waals surface area contributed by atoms with E-state index in [4.69, 9.17) is 14.2 Å². The number of rotatable bonds is 8. The van der Waals surface area contributed by atoms with Crippen molar-refractivity contribution >= 4 is 29.5 Å². The molecule has 8 nitrogen and oxygen atoms in total. The Morgan fingerprint density at radius 2 is 1.78 bits per heavy atom. The Balaban J connectivity index is 1.38. The summed E-state index contributed by atoms with van der Waals surface area (Å²) < 4.78 is 16.2. The van der Waals surface area contributed by atoms with Crippen LogP contribution in [0.25, 0.3) is 0 Å². The Hall–Kier alpha value is -3.46. The van der Waals surface area contributed by atoms with Crippen molar-refractivity contribution in [2.75, 3.05) is 19.5 Å². The molecule has 0 aromatic heterocycles. The second-order valence-corrected chi connectivity index (χ2v) is 8.20. The van der Waals surface area contributed by atoms with Crippen LogP contribution in [0.5, 0.6) is 5.75 Å². The number of carbonyl (C=O) groups is 3. The molecule has 0 bridgehead atoms. The van der Waals surface area contributed by atoms with Crippen molar-refractivity contribution in [1.82, 2.24) is 10.2 Å². The van der Waals surface area contributed by atoms with E-state index in [1.807, 2.05) is 36.4 Å². The SMILES string of the molecule is COC1=C(C(=O)OCc2ccccc2)N2C(=O)[C@@H](NC(=O)COc3ccccc3)[C@H]2SC1. The fourth-order valence-electron chi connectivity index (χ4n) is 3.41. The summed E-state index contributed by atoms with van der Waals surface area (Å²) in [6.07, 6.45) is 0. The van der Waals surface area contributed by atoms with E-state index in [1.165, 1.54) is 23.8 Å². The number of nitrogens with one attached hydrogen (secondary N) is 1. The summed E-state index contributed by atoms with van der Waals surface area (Å²) in [6, 6.07) is 17.4. The molecule has 1 N–H and O–H groups in total. The molecule has 0 spiro atoms. The molecule has 2 aliphatic rings. The van der Waals surface area contributed by atoms with E-state index in [2.05, 4.69) is 5.32 Å². The maximum absolute atomic E-state index is 12.8. The fourth-order valence-corrected chi connectivity index (χ4v) is 4.72. The zero-order chi connectivity index (χ0) is 22.5. The van der Waals surface area contributed by atoms with Crippen LogP contribution in [-0.2, 0) is 30.5 Å². The van der Waals surface area contributed by atoms with E-state index < -0.39 is 29.2 Å². The molecule has 1 fully saturated rings.